The van der Waals surface area contributed by atoms with Crippen LogP contribution in [0.4, 0.5) is 10.6 Å². The number of pyridine rings is 2. The number of nitrogens with one attached hydrogen (secondary N) is 3. The summed E-state index contributed by atoms with van der Waals surface area (Å²) < 4.78 is 17.5. The van der Waals surface area contributed by atoms with Gasteiger partial charge in [-0.15, -0.1) is 11.8 Å². The van der Waals surface area contributed by atoms with Crippen LogP contribution < -0.4 is 20.7 Å². The lowest BCUT2D eigenvalue weighted by atomic mass is 9.81. The second kappa shape index (κ2) is 12.2. The Morgan fingerprint density at radius 3 is 2.85 bits per heavy atom. The number of fused-ring (bicyclic) bond motifs is 2. The molecule has 0 saturated carbocycles. The zero-order valence-electron chi connectivity index (χ0n) is 24.0. The molecule has 1 aromatic carbocycles. The molecule has 2 aliphatic heterocycles. The van der Waals surface area contributed by atoms with Gasteiger partial charge in [-0.3, -0.25) is 9.78 Å². The normalized spacial score (nSPS) is 21.5. The number of methoxy groups -OCH3 is 1. The molecule has 0 radical (unpaired) electrons. The van der Waals surface area contributed by atoms with Crippen molar-refractivity contribution in [3.05, 3.63) is 53.9 Å². The molecule has 2 aliphatic rings. The van der Waals surface area contributed by atoms with Crippen LogP contribution in [0.1, 0.15) is 51.3 Å². The summed E-state index contributed by atoms with van der Waals surface area (Å²) in [6, 6.07) is 11.6. The van der Waals surface area contributed by atoms with E-state index >= 15 is 0 Å². The van der Waals surface area contributed by atoms with E-state index in [2.05, 4.69) is 25.9 Å². The van der Waals surface area contributed by atoms with Gasteiger partial charge in [-0.1, -0.05) is 0 Å². The minimum Gasteiger partial charge on any atom is -0.497 e. The van der Waals surface area contributed by atoms with Gasteiger partial charge >= 0.3 is 6.09 Å². The molecular weight excluding hydrogens is 542 g/mol. The highest BCUT2D eigenvalue weighted by atomic mass is 32.2. The molecule has 1 fully saturated rings. The summed E-state index contributed by atoms with van der Waals surface area (Å²) in [5.74, 6) is 1.67. The first-order valence-electron chi connectivity index (χ1n) is 13.8. The number of anilines is 1. The molecule has 4 heterocycles. The third kappa shape index (κ3) is 7.09. The van der Waals surface area contributed by atoms with Crippen LogP contribution >= 0.6 is 11.8 Å². The molecule has 218 valence electrons. The summed E-state index contributed by atoms with van der Waals surface area (Å²) in [6.07, 6.45) is 1.80. The van der Waals surface area contributed by atoms with Crippen molar-refractivity contribution in [1.29, 1.82) is 0 Å². The van der Waals surface area contributed by atoms with Crippen LogP contribution in [-0.4, -0.2) is 65.2 Å². The van der Waals surface area contributed by atoms with E-state index in [1.165, 1.54) is 11.8 Å². The standard InChI is InChI=1S/C30H37N5O5S/c1-17(33-29(37)40-30(2,3)4)27-23(21-10-11-31-24-8-7-20(38-5)13-22(21)24)12-19(15-39-27)32-14-18-6-9-25-28(34-18)35-26(36)16-41-25/h6-11,13,17,19,23,27,32H,12,14-16H2,1-5H3,(H,33,37)(H,34,35,36)/t17?,19-,23?,27-/m1/s1. The van der Waals surface area contributed by atoms with Crippen molar-refractivity contribution < 1.29 is 23.8 Å². The number of thioether (sulfide) groups is 1. The summed E-state index contributed by atoms with van der Waals surface area (Å²) in [5.41, 5.74) is 2.18. The number of carbonyl (C=O) groups excluding carboxylic acids is 2. The van der Waals surface area contributed by atoms with Crippen LogP contribution in [0, 0.1) is 0 Å². The highest BCUT2D eigenvalue weighted by molar-refractivity contribution is 8.00. The Hall–Kier alpha value is -3.41. The van der Waals surface area contributed by atoms with Gasteiger partial charge in [-0.25, -0.2) is 9.78 Å². The first-order valence-corrected chi connectivity index (χ1v) is 14.8. The molecule has 41 heavy (non-hydrogen) atoms. The van der Waals surface area contributed by atoms with Crippen LogP contribution in [0.15, 0.2) is 47.5 Å². The van der Waals surface area contributed by atoms with Crippen LogP contribution in [0.5, 0.6) is 5.75 Å². The lowest BCUT2D eigenvalue weighted by molar-refractivity contribution is -0.113. The van der Waals surface area contributed by atoms with Crippen molar-refractivity contribution in [2.24, 2.45) is 0 Å². The van der Waals surface area contributed by atoms with Gasteiger partial charge in [-0.05, 0) is 76.1 Å². The summed E-state index contributed by atoms with van der Waals surface area (Å²) in [5, 5.41) is 10.4. The van der Waals surface area contributed by atoms with Crippen LogP contribution in [0.3, 0.4) is 0 Å². The minimum atomic E-state index is -0.601. The van der Waals surface area contributed by atoms with Crippen molar-refractivity contribution >= 4 is 40.5 Å². The molecule has 0 bridgehead atoms. The summed E-state index contributed by atoms with van der Waals surface area (Å²) in [6.45, 7) is 8.46. The average molecular weight is 580 g/mol. The molecular formula is C30H37N5O5S. The number of hydrogen-bond acceptors (Lipinski definition) is 9. The van der Waals surface area contributed by atoms with E-state index in [0.29, 0.717) is 24.7 Å². The topological polar surface area (TPSA) is 124 Å². The molecule has 3 aromatic rings. The van der Waals surface area contributed by atoms with Gasteiger partial charge < -0.3 is 30.2 Å². The predicted molar refractivity (Wildman–Crippen MR) is 158 cm³/mol. The molecule has 2 unspecified atom stereocenters. The van der Waals surface area contributed by atoms with Crippen molar-refractivity contribution in [3.8, 4) is 5.75 Å². The third-order valence-corrected chi connectivity index (χ3v) is 8.20. The van der Waals surface area contributed by atoms with Crippen molar-refractivity contribution in [3.63, 3.8) is 0 Å². The van der Waals surface area contributed by atoms with E-state index in [1.54, 1.807) is 7.11 Å². The lowest BCUT2D eigenvalue weighted by Crippen LogP contribution is -2.52. The molecule has 0 aliphatic carbocycles. The molecule has 1 saturated heterocycles. The van der Waals surface area contributed by atoms with Gasteiger partial charge in [0, 0.05) is 30.1 Å². The van der Waals surface area contributed by atoms with E-state index in [-0.39, 0.29) is 30.0 Å². The molecule has 3 N–H and O–H groups in total. The number of carbonyl (C=O) groups is 2. The highest BCUT2D eigenvalue weighted by Crippen LogP contribution is 2.37. The molecule has 0 spiro atoms. The van der Waals surface area contributed by atoms with Gasteiger partial charge in [0.15, 0.2) is 0 Å². The van der Waals surface area contributed by atoms with Crippen LogP contribution in [0.2, 0.25) is 0 Å². The fraction of sp³-hybridized carbons (Fsp3) is 0.467. The second-order valence-corrected chi connectivity index (χ2v) is 12.4. The fourth-order valence-electron chi connectivity index (χ4n) is 5.32. The van der Waals surface area contributed by atoms with Gasteiger partial charge in [0.25, 0.3) is 0 Å². The largest absolute Gasteiger partial charge is 0.497 e. The van der Waals surface area contributed by atoms with Crippen molar-refractivity contribution in [1.82, 2.24) is 20.6 Å². The maximum atomic E-state index is 12.6. The number of amides is 2. The SMILES string of the molecule is COc1ccc2nccc(C3C[C@@H](NCc4ccc5c(n4)NC(=O)CS5)CO[C@@H]3C(C)NC(=O)OC(C)(C)C)c2c1. The first-order chi connectivity index (χ1) is 19.6. The zero-order chi connectivity index (χ0) is 29.1. The summed E-state index contributed by atoms with van der Waals surface area (Å²) in [7, 11) is 1.65. The number of rotatable bonds is 7. The number of alkyl carbamates (subject to hydrolysis) is 1. The van der Waals surface area contributed by atoms with Crippen molar-refractivity contribution in [2.75, 3.05) is 24.8 Å². The molecule has 5 rings (SSSR count). The minimum absolute atomic E-state index is 0.0283. The summed E-state index contributed by atoms with van der Waals surface area (Å²) in [4.78, 5) is 34.6. The molecule has 10 nitrogen and oxygen atoms in total. The maximum absolute atomic E-state index is 12.6. The van der Waals surface area contributed by atoms with Crippen molar-refractivity contribution in [2.45, 2.75) is 75.3 Å². The van der Waals surface area contributed by atoms with E-state index in [1.807, 2.05) is 70.3 Å². The van der Waals surface area contributed by atoms with Gasteiger partial charge in [-0.2, -0.15) is 0 Å². The first kappa shape index (κ1) is 29.1. The Labute approximate surface area is 244 Å². The monoisotopic (exact) mass is 579 g/mol. The van der Waals surface area contributed by atoms with E-state index in [0.717, 1.165) is 39.2 Å². The number of benzene rings is 1. The molecule has 11 heteroatoms. The van der Waals surface area contributed by atoms with Gasteiger partial charge in [0.2, 0.25) is 5.91 Å². The van der Waals surface area contributed by atoms with E-state index in [9.17, 15) is 9.59 Å². The number of aromatic nitrogens is 2. The Bertz CT molecular complexity index is 1430. The van der Waals surface area contributed by atoms with Gasteiger partial charge in [0.1, 0.15) is 17.2 Å². The maximum Gasteiger partial charge on any atom is 0.407 e. The number of ether oxygens (including phenoxy) is 3. The summed E-state index contributed by atoms with van der Waals surface area (Å²) >= 11 is 1.49. The van der Waals surface area contributed by atoms with Crippen LogP contribution in [-0.2, 0) is 20.8 Å². The van der Waals surface area contributed by atoms with E-state index in [4.69, 9.17) is 14.2 Å². The Morgan fingerprint density at radius 2 is 2.07 bits per heavy atom. The Kier molecular flexibility index (Phi) is 8.67. The molecule has 4 atom stereocenters. The van der Waals surface area contributed by atoms with Crippen LogP contribution in [0.25, 0.3) is 10.9 Å². The second-order valence-electron chi connectivity index (χ2n) is 11.4. The fourth-order valence-corrected chi connectivity index (χ4v) is 6.07. The molecule has 2 aromatic heterocycles. The lowest BCUT2D eigenvalue weighted by Gasteiger charge is -2.40. The Balaban J connectivity index is 1.37. The number of nitrogens with zero attached hydrogens (tertiary/aromatic N) is 2. The average Bonchev–Trinajstić information content (AvgIpc) is 2.94. The number of hydrogen-bond donors (Lipinski definition) is 3. The smallest absolute Gasteiger partial charge is 0.407 e. The quantitative estimate of drug-likeness (QED) is 0.368. The highest BCUT2D eigenvalue weighted by Gasteiger charge is 2.38. The molecule has 2 amide bonds. The zero-order valence-corrected chi connectivity index (χ0v) is 24.8. The predicted octanol–water partition coefficient (Wildman–Crippen LogP) is 4.63. The Morgan fingerprint density at radius 1 is 1.24 bits per heavy atom. The van der Waals surface area contributed by atoms with E-state index < -0.39 is 11.7 Å². The third-order valence-electron chi connectivity index (χ3n) is 7.15. The van der Waals surface area contributed by atoms with Gasteiger partial charge in [0.05, 0.1) is 47.7 Å².